The molecule has 1 heterocycles. The van der Waals surface area contributed by atoms with Gasteiger partial charge in [0.25, 0.3) is 0 Å². The maximum atomic E-state index is 5.63. The number of rotatable bonds is 8. The average Bonchev–Trinajstić information content (AvgIpc) is 2.93. The fourth-order valence-electron chi connectivity index (χ4n) is 1.93. The van der Waals surface area contributed by atoms with E-state index in [1.165, 1.54) is 6.39 Å². The Morgan fingerprint density at radius 2 is 2.15 bits per heavy atom. The molecule has 2 aromatic rings. The average molecular weight is 276 g/mol. The Labute approximate surface area is 118 Å². The lowest BCUT2D eigenvalue weighted by molar-refractivity contribution is 0.199. The third-order valence-electron chi connectivity index (χ3n) is 2.85. The number of hydrogen-bond donors (Lipinski definition) is 1. The molecule has 2 rings (SSSR count). The highest BCUT2D eigenvalue weighted by Crippen LogP contribution is 2.31. The fraction of sp³-hybridized carbons (Fsp3) is 0.400. The van der Waals surface area contributed by atoms with Gasteiger partial charge in [0.05, 0.1) is 18.8 Å². The number of ether oxygens (including phenoxy) is 2. The van der Waals surface area contributed by atoms with Gasteiger partial charge in [0, 0.05) is 20.2 Å². The second-order valence-corrected chi connectivity index (χ2v) is 4.23. The number of nitrogens with zero attached hydrogens (tertiary/aromatic N) is 1. The number of methoxy groups -OCH3 is 1. The van der Waals surface area contributed by atoms with Gasteiger partial charge in [-0.1, -0.05) is 12.1 Å². The van der Waals surface area contributed by atoms with Crippen LogP contribution in [0.25, 0.3) is 11.3 Å². The fourth-order valence-corrected chi connectivity index (χ4v) is 1.93. The monoisotopic (exact) mass is 276 g/mol. The standard InChI is InChI=1S/C15H20N2O3/c1-3-19-14-7-5-4-6-12(14)15-13(17-11-20-15)10-16-8-9-18-2/h4-7,11,16H,3,8-10H2,1-2H3. The summed E-state index contributed by atoms with van der Waals surface area (Å²) in [6.45, 7) is 4.66. The summed E-state index contributed by atoms with van der Waals surface area (Å²) in [7, 11) is 1.68. The van der Waals surface area contributed by atoms with E-state index in [-0.39, 0.29) is 0 Å². The first-order valence-corrected chi connectivity index (χ1v) is 6.71. The van der Waals surface area contributed by atoms with Gasteiger partial charge in [-0.05, 0) is 19.1 Å². The van der Waals surface area contributed by atoms with E-state index in [4.69, 9.17) is 13.9 Å². The summed E-state index contributed by atoms with van der Waals surface area (Å²) in [6, 6.07) is 7.82. The Balaban J connectivity index is 2.15. The smallest absolute Gasteiger partial charge is 0.181 e. The van der Waals surface area contributed by atoms with Crippen LogP contribution >= 0.6 is 0 Å². The summed E-state index contributed by atoms with van der Waals surface area (Å²) in [4.78, 5) is 4.27. The molecule has 0 fully saturated rings. The molecular weight excluding hydrogens is 256 g/mol. The zero-order chi connectivity index (χ0) is 14.2. The number of benzene rings is 1. The minimum absolute atomic E-state index is 0.618. The molecule has 5 nitrogen and oxygen atoms in total. The molecule has 1 aromatic heterocycles. The van der Waals surface area contributed by atoms with Gasteiger partial charge in [-0.3, -0.25) is 0 Å². The first-order valence-electron chi connectivity index (χ1n) is 6.71. The van der Waals surface area contributed by atoms with Crippen LogP contribution in [0.2, 0.25) is 0 Å². The lowest BCUT2D eigenvalue weighted by Gasteiger charge is -2.09. The molecule has 0 saturated heterocycles. The molecule has 0 aliphatic rings. The zero-order valence-electron chi connectivity index (χ0n) is 11.9. The Morgan fingerprint density at radius 3 is 2.95 bits per heavy atom. The number of nitrogens with one attached hydrogen (secondary N) is 1. The van der Waals surface area contributed by atoms with E-state index in [0.29, 0.717) is 19.8 Å². The van der Waals surface area contributed by atoms with E-state index in [9.17, 15) is 0 Å². The number of hydrogen-bond acceptors (Lipinski definition) is 5. The van der Waals surface area contributed by atoms with Crippen LogP contribution < -0.4 is 10.1 Å². The Bertz CT molecular complexity index is 525. The van der Waals surface area contributed by atoms with Crippen LogP contribution in [0.1, 0.15) is 12.6 Å². The van der Waals surface area contributed by atoms with Crippen molar-refractivity contribution in [3.8, 4) is 17.1 Å². The van der Waals surface area contributed by atoms with Gasteiger partial charge < -0.3 is 19.2 Å². The topological polar surface area (TPSA) is 56.5 Å². The van der Waals surface area contributed by atoms with Crippen LogP contribution in [0.3, 0.4) is 0 Å². The van der Waals surface area contributed by atoms with Crippen molar-refractivity contribution < 1.29 is 13.9 Å². The summed E-state index contributed by atoms with van der Waals surface area (Å²) in [6.07, 6.45) is 1.46. The van der Waals surface area contributed by atoms with E-state index in [0.717, 1.165) is 29.3 Å². The van der Waals surface area contributed by atoms with Crippen molar-refractivity contribution in [2.45, 2.75) is 13.5 Å². The molecule has 1 aromatic carbocycles. The van der Waals surface area contributed by atoms with Crippen molar-refractivity contribution in [3.63, 3.8) is 0 Å². The SMILES string of the molecule is CCOc1ccccc1-c1ocnc1CNCCOC. The maximum Gasteiger partial charge on any atom is 0.181 e. The Hall–Kier alpha value is -1.85. The molecule has 20 heavy (non-hydrogen) atoms. The normalized spacial score (nSPS) is 10.7. The summed E-state index contributed by atoms with van der Waals surface area (Å²) < 4.78 is 16.2. The van der Waals surface area contributed by atoms with Gasteiger partial charge in [0.2, 0.25) is 0 Å². The van der Waals surface area contributed by atoms with Crippen LogP contribution in [0, 0.1) is 0 Å². The lowest BCUT2D eigenvalue weighted by Crippen LogP contribution is -2.19. The highest BCUT2D eigenvalue weighted by molar-refractivity contribution is 5.67. The molecule has 1 N–H and O–H groups in total. The molecule has 0 bridgehead atoms. The predicted octanol–water partition coefficient (Wildman–Crippen LogP) is 2.48. The number of oxazole rings is 1. The lowest BCUT2D eigenvalue weighted by atomic mass is 10.1. The van der Waals surface area contributed by atoms with Crippen molar-refractivity contribution >= 4 is 0 Å². The first-order chi connectivity index (χ1) is 9.86. The highest BCUT2D eigenvalue weighted by Gasteiger charge is 2.14. The van der Waals surface area contributed by atoms with E-state index >= 15 is 0 Å². The van der Waals surface area contributed by atoms with Crippen molar-refractivity contribution in [2.24, 2.45) is 0 Å². The molecule has 0 unspecified atom stereocenters. The molecule has 0 amide bonds. The Kier molecular flexibility index (Phi) is 5.58. The van der Waals surface area contributed by atoms with Gasteiger partial charge in [0.1, 0.15) is 11.4 Å². The van der Waals surface area contributed by atoms with Crippen molar-refractivity contribution in [1.29, 1.82) is 0 Å². The summed E-state index contributed by atoms with van der Waals surface area (Å²) in [5.74, 6) is 1.56. The van der Waals surface area contributed by atoms with Gasteiger partial charge in [-0.15, -0.1) is 0 Å². The van der Waals surface area contributed by atoms with E-state index < -0.39 is 0 Å². The van der Waals surface area contributed by atoms with Crippen LogP contribution in [-0.2, 0) is 11.3 Å². The van der Waals surface area contributed by atoms with Crippen LogP contribution in [-0.4, -0.2) is 31.9 Å². The van der Waals surface area contributed by atoms with Crippen LogP contribution in [0.15, 0.2) is 35.1 Å². The van der Waals surface area contributed by atoms with Crippen molar-refractivity contribution in [2.75, 3.05) is 26.9 Å². The minimum atomic E-state index is 0.618. The van der Waals surface area contributed by atoms with Crippen molar-refractivity contribution in [1.82, 2.24) is 10.3 Å². The quantitative estimate of drug-likeness (QED) is 0.751. The molecule has 0 saturated carbocycles. The second-order valence-electron chi connectivity index (χ2n) is 4.23. The van der Waals surface area contributed by atoms with E-state index in [2.05, 4.69) is 10.3 Å². The van der Waals surface area contributed by atoms with Crippen LogP contribution in [0.5, 0.6) is 5.75 Å². The van der Waals surface area contributed by atoms with Crippen LogP contribution in [0.4, 0.5) is 0 Å². The number of aromatic nitrogens is 1. The largest absolute Gasteiger partial charge is 0.493 e. The maximum absolute atomic E-state index is 5.63. The van der Waals surface area contributed by atoms with E-state index in [1.807, 2.05) is 31.2 Å². The van der Waals surface area contributed by atoms with Crippen molar-refractivity contribution in [3.05, 3.63) is 36.4 Å². The van der Waals surface area contributed by atoms with E-state index in [1.54, 1.807) is 7.11 Å². The van der Waals surface area contributed by atoms with Gasteiger partial charge in [-0.2, -0.15) is 0 Å². The molecule has 5 heteroatoms. The Morgan fingerprint density at radius 1 is 1.30 bits per heavy atom. The molecule has 108 valence electrons. The summed E-state index contributed by atoms with van der Waals surface area (Å²) >= 11 is 0. The molecular formula is C15H20N2O3. The minimum Gasteiger partial charge on any atom is -0.493 e. The zero-order valence-corrected chi connectivity index (χ0v) is 11.9. The predicted molar refractivity (Wildman–Crippen MR) is 76.7 cm³/mol. The molecule has 0 atom stereocenters. The number of para-hydroxylation sites is 1. The second kappa shape index (κ2) is 7.67. The molecule has 0 aliphatic heterocycles. The van der Waals surface area contributed by atoms with Gasteiger partial charge >= 0.3 is 0 Å². The molecule has 0 spiro atoms. The molecule has 0 radical (unpaired) electrons. The van der Waals surface area contributed by atoms with Gasteiger partial charge in [0.15, 0.2) is 12.2 Å². The summed E-state index contributed by atoms with van der Waals surface area (Å²) in [5.41, 5.74) is 1.80. The third kappa shape index (κ3) is 3.59. The highest BCUT2D eigenvalue weighted by atomic mass is 16.5. The first kappa shape index (κ1) is 14.6. The van der Waals surface area contributed by atoms with Gasteiger partial charge in [-0.25, -0.2) is 4.98 Å². The third-order valence-corrected chi connectivity index (χ3v) is 2.85. The molecule has 0 aliphatic carbocycles. The summed E-state index contributed by atoms with van der Waals surface area (Å²) in [5, 5.41) is 3.26.